The molecule has 0 aliphatic heterocycles. The SMILES string of the molecule is O=C(O)c1ccc(OCC(F)F)c(F)c1Br. The van der Waals surface area contributed by atoms with Crippen LogP contribution in [-0.2, 0) is 0 Å². The zero-order valence-corrected chi connectivity index (χ0v) is 9.30. The molecule has 0 heterocycles. The Morgan fingerprint density at radius 1 is 1.50 bits per heavy atom. The fourth-order valence-electron chi connectivity index (χ4n) is 0.961. The van der Waals surface area contributed by atoms with Crippen LogP contribution in [0.15, 0.2) is 16.6 Å². The number of alkyl halides is 2. The van der Waals surface area contributed by atoms with Gasteiger partial charge in [-0.25, -0.2) is 18.0 Å². The highest BCUT2D eigenvalue weighted by Crippen LogP contribution is 2.28. The van der Waals surface area contributed by atoms with Gasteiger partial charge in [-0.05, 0) is 28.1 Å². The fourth-order valence-corrected chi connectivity index (χ4v) is 1.46. The van der Waals surface area contributed by atoms with Gasteiger partial charge in [-0.2, -0.15) is 0 Å². The lowest BCUT2D eigenvalue weighted by atomic mass is 10.2. The van der Waals surface area contributed by atoms with Crippen molar-refractivity contribution in [1.82, 2.24) is 0 Å². The van der Waals surface area contributed by atoms with Crippen LogP contribution in [0.2, 0.25) is 0 Å². The van der Waals surface area contributed by atoms with Crippen molar-refractivity contribution in [3.05, 3.63) is 28.0 Å². The van der Waals surface area contributed by atoms with E-state index in [0.717, 1.165) is 12.1 Å². The summed E-state index contributed by atoms with van der Waals surface area (Å²) in [6.07, 6.45) is -2.72. The van der Waals surface area contributed by atoms with E-state index in [1.807, 2.05) is 0 Å². The van der Waals surface area contributed by atoms with Crippen LogP contribution in [0.25, 0.3) is 0 Å². The molecular formula is C9H6BrF3O3. The molecule has 0 amide bonds. The number of benzene rings is 1. The molecule has 0 saturated heterocycles. The molecule has 0 atom stereocenters. The number of aromatic carboxylic acids is 1. The van der Waals surface area contributed by atoms with Crippen molar-refractivity contribution < 1.29 is 27.8 Å². The number of ether oxygens (including phenoxy) is 1. The number of carboxylic acids is 1. The van der Waals surface area contributed by atoms with Crippen LogP contribution in [0.3, 0.4) is 0 Å². The van der Waals surface area contributed by atoms with Crippen molar-refractivity contribution >= 4 is 21.9 Å². The largest absolute Gasteiger partial charge is 0.485 e. The number of halogens is 4. The zero-order valence-electron chi connectivity index (χ0n) is 7.71. The van der Waals surface area contributed by atoms with E-state index in [1.54, 1.807) is 0 Å². The summed E-state index contributed by atoms with van der Waals surface area (Å²) in [6.45, 7) is -0.949. The number of hydrogen-bond acceptors (Lipinski definition) is 2. The Bertz CT molecular complexity index is 409. The van der Waals surface area contributed by atoms with Crippen molar-refractivity contribution in [2.24, 2.45) is 0 Å². The fraction of sp³-hybridized carbons (Fsp3) is 0.222. The molecule has 0 saturated carbocycles. The number of rotatable bonds is 4. The topological polar surface area (TPSA) is 46.5 Å². The minimum Gasteiger partial charge on any atom is -0.485 e. The first kappa shape index (κ1) is 12.8. The summed E-state index contributed by atoms with van der Waals surface area (Å²) in [5.41, 5.74) is -0.304. The molecule has 7 heteroatoms. The zero-order chi connectivity index (χ0) is 12.3. The molecule has 0 radical (unpaired) electrons. The monoisotopic (exact) mass is 298 g/mol. The molecule has 88 valence electrons. The smallest absolute Gasteiger partial charge is 0.336 e. The summed E-state index contributed by atoms with van der Waals surface area (Å²) >= 11 is 2.72. The average molecular weight is 299 g/mol. The van der Waals surface area contributed by atoms with Gasteiger partial charge in [0.05, 0.1) is 10.0 Å². The maximum absolute atomic E-state index is 13.4. The second kappa shape index (κ2) is 5.20. The summed E-state index contributed by atoms with van der Waals surface area (Å²) in [5, 5.41) is 8.64. The standard InChI is InChI=1S/C9H6BrF3O3/c10-7-4(9(14)15)1-2-5(8(7)13)16-3-6(11)12/h1-2,6H,3H2,(H,14,15). The van der Waals surface area contributed by atoms with Crippen molar-refractivity contribution in [3.63, 3.8) is 0 Å². The van der Waals surface area contributed by atoms with Crippen LogP contribution in [-0.4, -0.2) is 24.1 Å². The lowest BCUT2D eigenvalue weighted by Crippen LogP contribution is -2.09. The second-order valence-electron chi connectivity index (χ2n) is 2.75. The molecule has 1 aromatic rings. The first-order valence-electron chi connectivity index (χ1n) is 4.05. The normalized spacial score (nSPS) is 10.6. The van der Waals surface area contributed by atoms with E-state index in [-0.39, 0.29) is 10.0 Å². The molecule has 16 heavy (non-hydrogen) atoms. The third-order valence-electron chi connectivity index (χ3n) is 1.64. The summed E-state index contributed by atoms with van der Waals surface area (Å²) in [4.78, 5) is 10.6. The molecule has 0 aliphatic rings. The second-order valence-corrected chi connectivity index (χ2v) is 3.54. The Morgan fingerprint density at radius 3 is 2.62 bits per heavy atom. The molecule has 0 fully saturated rings. The van der Waals surface area contributed by atoms with Crippen LogP contribution in [0.5, 0.6) is 5.75 Å². The van der Waals surface area contributed by atoms with Gasteiger partial charge >= 0.3 is 5.97 Å². The molecule has 0 aromatic heterocycles. The van der Waals surface area contributed by atoms with E-state index < -0.39 is 30.6 Å². The van der Waals surface area contributed by atoms with Gasteiger partial charge in [-0.3, -0.25) is 0 Å². The number of carbonyl (C=O) groups is 1. The lowest BCUT2D eigenvalue weighted by molar-refractivity contribution is 0.0692. The molecule has 0 bridgehead atoms. The molecule has 1 N–H and O–H groups in total. The molecule has 3 nitrogen and oxygen atoms in total. The molecule has 0 spiro atoms. The third-order valence-corrected chi connectivity index (χ3v) is 2.42. The van der Waals surface area contributed by atoms with Crippen LogP contribution in [0, 0.1) is 5.82 Å². The van der Waals surface area contributed by atoms with Gasteiger partial charge in [-0.15, -0.1) is 0 Å². The van der Waals surface area contributed by atoms with E-state index in [0.29, 0.717) is 0 Å². The highest BCUT2D eigenvalue weighted by molar-refractivity contribution is 9.10. The van der Waals surface area contributed by atoms with E-state index in [4.69, 9.17) is 5.11 Å². The van der Waals surface area contributed by atoms with E-state index >= 15 is 0 Å². The van der Waals surface area contributed by atoms with Crippen molar-refractivity contribution in [1.29, 1.82) is 0 Å². The van der Waals surface area contributed by atoms with Crippen molar-refractivity contribution in [2.75, 3.05) is 6.61 Å². The number of hydrogen-bond donors (Lipinski definition) is 1. The van der Waals surface area contributed by atoms with Crippen molar-refractivity contribution in [2.45, 2.75) is 6.43 Å². The Balaban J connectivity index is 2.98. The average Bonchev–Trinajstić information content (AvgIpc) is 2.19. The van der Waals surface area contributed by atoms with E-state index in [2.05, 4.69) is 20.7 Å². The number of carboxylic acid groups (broad SMARTS) is 1. The van der Waals surface area contributed by atoms with Gasteiger partial charge in [-0.1, -0.05) is 0 Å². The molecule has 1 aromatic carbocycles. The Kier molecular flexibility index (Phi) is 4.17. The Labute approximate surface area is 97.0 Å². The maximum Gasteiger partial charge on any atom is 0.336 e. The van der Waals surface area contributed by atoms with Crippen LogP contribution >= 0.6 is 15.9 Å². The molecular weight excluding hydrogens is 293 g/mol. The van der Waals surface area contributed by atoms with Gasteiger partial charge < -0.3 is 9.84 Å². The Hall–Kier alpha value is -1.24. The summed E-state index contributed by atoms with van der Waals surface area (Å²) in [7, 11) is 0. The van der Waals surface area contributed by atoms with E-state index in [1.165, 1.54) is 0 Å². The van der Waals surface area contributed by atoms with Crippen LogP contribution < -0.4 is 4.74 Å². The summed E-state index contributed by atoms with van der Waals surface area (Å²) in [5.74, 6) is -2.76. The lowest BCUT2D eigenvalue weighted by Gasteiger charge is -2.08. The minimum atomic E-state index is -2.72. The first-order chi connectivity index (χ1) is 7.43. The van der Waals surface area contributed by atoms with Gasteiger partial charge in [0, 0.05) is 0 Å². The minimum absolute atomic E-state index is 0.304. The quantitative estimate of drug-likeness (QED) is 0.930. The van der Waals surface area contributed by atoms with Crippen LogP contribution in [0.4, 0.5) is 13.2 Å². The first-order valence-corrected chi connectivity index (χ1v) is 4.85. The van der Waals surface area contributed by atoms with Gasteiger partial charge in [0.15, 0.2) is 11.6 Å². The maximum atomic E-state index is 13.4. The Morgan fingerprint density at radius 2 is 2.12 bits per heavy atom. The third kappa shape index (κ3) is 2.88. The van der Waals surface area contributed by atoms with Crippen molar-refractivity contribution in [3.8, 4) is 5.75 Å². The molecule has 0 aliphatic carbocycles. The van der Waals surface area contributed by atoms with E-state index in [9.17, 15) is 18.0 Å². The predicted octanol–water partition coefficient (Wildman–Crippen LogP) is 2.93. The van der Waals surface area contributed by atoms with Gasteiger partial charge in [0.25, 0.3) is 6.43 Å². The van der Waals surface area contributed by atoms with Gasteiger partial charge in [0.2, 0.25) is 0 Å². The summed E-state index contributed by atoms with van der Waals surface area (Å²) < 4.78 is 41.1. The highest BCUT2D eigenvalue weighted by atomic mass is 79.9. The summed E-state index contributed by atoms with van der Waals surface area (Å²) in [6, 6.07) is 2.06. The highest BCUT2D eigenvalue weighted by Gasteiger charge is 2.17. The van der Waals surface area contributed by atoms with Crippen LogP contribution in [0.1, 0.15) is 10.4 Å². The predicted molar refractivity (Wildman–Crippen MR) is 52.6 cm³/mol. The van der Waals surface area contributed by atoms with Gasteiger partial charge in [0.1, 0.15) is 6.61 Å². The molecule has 0 unspecified atom stereocenters. The molecule has 1 rings (SSSR count).